The number of ether oxygens (including phenoxy) is 1. The fourth-order valence-electron chi connectivity index (χ4n) is 3.48. The predicted molar refractivity (Wildman–Crippen MR) is 113 cm³/mol. The topological polar surface area (TPSA) is 54.0 Å². The van der Waals surface area contributed by atoms with Gasteiger partial charge in [-0.25, -0.2) is 9.97 Å². The van der Waals surface area contributed by atoms with Crippen LogP contribution in [-0.2, 0) is 4.74 Å². The Morgan fingerprint density at radius 1 is 0.893 bits per heavy atom. The number of nitrogens with one attached hydrogen (secondary N) is 1. The van der Waals surface area contributed by atoms with Crippen LogP contribution < -0.4 is 4.90 Å². The minimum atomic E-state index is 0.700. The lowest BCUT2D eigenvalue weighted by Crippen LogP contribution is -2.36. The van der Waals surface area contributed by atoms with Crippen molar-refractivity contribution in [1.82, 2.24) is 15.0 Å². The van der Waals surface area contributed by atoms with Gasteiger partial charge in [0.1, 0.15) is 11.6 Å². The lowest BCUT2D eigenvalue weighted by Gasteiger charge is -2.27. The lowest BCUT2D eigenvalue weighted by atomic mass is 10.1. The Morgan fingerprint density at radius 2 is 1.64 bits per heavy atom. The van der Waals surface area contributed by atoms with E-state index >= 15 is 0 Å². The third-order valence-electron chi connectivity index (χ3n) is 5.02. The molecule has 1 aliphatic rings. The second-order valence-electron chi connectivity index (χ2n) is 6.83. The van der Waals surface area contributed by atoms with Crippen LogP contribution in [0.1, 0.15) is 0 Å². The molecule has 1 aliphatic heterocycles. The molecule has 5 nitrogen and oxygen atoms in total. The summed E-state index contributed by atoms with van der Waals surface area (Å²) in [6.45, 7) is 3.31. The van der Waals surface area contributed by atoms with Gasteiger partial charge in [0.05, 0.1) is 24.2 Å². The number of benzene rings is 2. The third kappa shape index (κ3) is 3.35. The molecule has 0 bridgehead atoms. The number of nitrogens with zero attached hydrogens (tertiary/aromatic N) is 3. The first kappa shape index (κ1) is 17.2. The highest BCUT2D eigenvalue weighted by Gasteiger charge is 2.12. The molecule has 0 atom stereocenters. The zero-order valence-corrected chi connectivity index (χ0v) is 16.0. The van der Waals surface area contributed by atoms with Crippen molar-refractivity contribution >= 4 is 28.5 Å². The average Bonchev–Trinajstić information content (AvgIpc) is 3.18. The molecule has 3 heterocycles. The molecule has 0 spiro atoms. The van der Waals surface area contributed by atoms with Crippen LogP contribution in [0.15, 0.2) is 60.8 Å². The van der Waals surface area contributed by atoms with E-state index in [4.69, 9.17) is 16.3 Å². The van der Waals surface area contributed by atoms with Crippen molar-refractivity contribution in [2.24, 2.45) is 0 Å². The molecular formula is C22H19ClN4O. The van der Waals surface area contributed by atoms with Gasteiger partial charge in [-0.3, -0.25) is 0 Å². The zero-order chi connectivity index (χ0) is 18.9. The summed E-state index contributed by atoms with van der Waals surface area (Å²) in [5, 5.41) is 0.700. The van der Waals surface area contributed by atoms with Gasteiger partial charge in [0.2, 0.25) is 0 Å². The number of aromatic nitrogens is 3. The normalized spacial score (nSPS) is 14.5. The van der Waals surface area contributed by atoms with Crippen LogP contribution in [0.3, 0.4) is 0 Å². The molecule has 6 heteroatoms. The van der Waals surface area contributed by atoms with E-state index < -0.39 is 0 Å². The predicted octanol–water partition coefficient (Wildman–Crippen LogP) is 4.78. The van der Waals surface area contributed by atoms with Crippen LogP contribution in [0.5, 0.6) is 0 Å². The highest BCUT2D eigenvalue weighted by Crippen LogP contribution is 2.26. The van der Waals surface area contributed by atoms with Crippen molar-refractivity contribution < 1.29 is 4.74 Å². The van der Waals surface area contributed by atoms with E-state index in [1.165, 1.54) is 0 Å². The molecule has 1 saturated heterocycles. The molecule has 0 unspecified atom stereocenters. The van der Waals surface area contributed by atoms with Crippen LogP contribution in [0.4, 0.5) is 5.82 Å². The first-order valence-corrected chi connectivity index (χ1v) is 9.69. The van der Waals surface area contributed by atoms with Gasteiger partial charge in [-0.15, -0.1) is 0 Å². The summed E-state index contributed by atoms with van der Waals surface area (Å²) < 4.78 is 5.40. The van der Waals surface area contributed by atoms with Gasteiger partial charge in [0, 0.05) is 35.4 Å². The van der Waals surface area contributed by atoms with Gasteiger partial charge in [-0.2, -0.15) is 0 Å². The van der Waals surface area contributed by atoms with Crippen LogP contribution in [0.2, 0.25) is 5.02 Å². The number of halogens is 1. The second-order valence-corrected chi connectivity index (χ2v) is 7.27. The van der Waals surface area contributed by atoms with Gasteiger partial charge in [0.15, 0.2) is 0 Å². The van der Waals surface area contributed by atoms with Gasteiger partial charge >= 0.3 is 0 Å². The first-order chi connectivity index (χ1) is 13.8. The number of morpholine rings is 1. The molecule has 1 fully saturated rings. The summed E-state index contributed by atoms with van der Waals surface area (Å²) in [5.74, 6) is 1.84. The van der Waals surface area contributed by atoms with Crippen molar-refractivity contribution in [3.63, 3.8) is 0 Å². The highest BCUT2D eigenvalue weighted by molar-refractivity contribution is 6.31. The van der Waals surface area contributed by atoms with Gasteiger partial charge in [-0.05, 0) is 35.9 Å². The molecule has 0 aliphatic carbocycles. The largest absolute Gasteiger partial charge is 0.378 e. The maximum absolute atomic E-state index is 6.06. The summed E-state index contributed by atoms with van der Waals surface area (Å²) >= 11 is 6.06. The van der Waals surface area contributed by atoms with Crippen molar-refractivity contribution in [3.05, 3.63) is 65.8 Å². The van der Waals surface area contributed by atoms with Crippen LogP contribution in [0.25, 0.3) is 33.5 Å². The summed E-state index contributed by atoms with van der Waals surface area (Å²) in [4.78, 5) is 14.9. The van der Waals surface area contributed by atoms with E-state index in [0.29, 0.717) is 5.02 Å². The SMILES string of the molecule is Clc1ccc2nc(-c3ccc(-c4ccc(N5CCOCC5)nc4)cc3)[nH]c2c1. The van der Waals surface area contributed by atoms with Crippen molar-refractivity contribution in [3.8, 4) is 22.5 Å². The minimum Gasteiger partial charge on any atom is -0.378 e. The number of hydrogen-bond donors (Lipinski definition) is 1. The fourth-order valence-corrected chi connectivity index (χ4v) is 3.65. The van der Waals surface area contributed by atoms with Crippen molar-refractivity contribution in [2.75, 3.05) is 31.2 Å². The Labute approximate surface area is 168 Å². The summed E-state index contributed by atoms with van der Waals surface area (Å²) in [7, 11) is 0. The van der Waals surface area contributed by atoms with Crippen molar-refractivity contribution in [2.45, 2.75) is 0 Å². The molecule has 140 valence electrons. The highest BCUT2D eigenvalue weighted by atomic mass is 35.5. The number of H-pyrrole nitrogens is 1. The minimum absolute atomic E-state index is 0.700. The maximum Gasteiger partial charge on any atom is 0.138 e. The molecule has 2 aromatic heterocycles. The molecule has 4 aromatic rings. The van der Waals surface area contributed by atoms with E-state index in [9.17, 15) is 0 Å². The molecular weight excluding hydrogens is 372 g/mol. The van der Waals surface area contributed by atoms with Crippen LogP contribution in [0, 0.1) is 0 Å². The number of aromatic amines is 1. The monoisotopic (exact) mass is 390 g/mol. The number of hydrogen-bond acceptors (Lipinski definition) is 4. The van der Waals surface area contributed by atoms with Gasteiger partial charge < -0.3 is 14.6 Å². The molecule has 5 rings (SSSR count). The Morgan fingerprint density at radius 3 is 2.39 bits per heavy atom. The van der Waals surface area contributed by atoms with E-state index in [2.05, 4.69) is 56.3 Å². The Balaban J connectivity index is 1.38. The molecule has 0 amide bonds. The number of imidazole rings is 1. The van der Waals surface area contributed by atoms with E-state index in [1.54, 1.807) is 0 Å². The average molecular weight is 391 g/mol. The van der Waals surface area contributed by atoms with Gasteiger partial charge in [0.25, 0.3) is 0 Å². The zero-order valence-electron chi connectivity index (χ0n) is 15.2. The molecule has 28 heavy (non-hydrogen) atoms. The van der Waals surface area contributed by atoms with Crippen LogP contribution in [-0.4, -0.2) is 41.3 Å². The van der Waals surface area contributed by atoms with E-state index in [-0.39, 0.29) is 0 Å². The van der Waals surface area contributed by atoms with Gasteiger partial charge in [-0.1, -0.05) is 35.9 Å². The van der Waals surface area contributed by atoms with Crippen LogP contribution >= 0.6 is 11.6 Å². The number of anilines is 1. The quantitative estimate of drug-likeness (QED) is 0.547. The third-order valence-corrected chi connectivity index (χ3v) is 5.25. The molecule has 0 saturated carbocycles. The molecule has 2 aromatic carbocycles. The molecule has 1 N–H and O–H groups in total. The van der Waals surface area contributed by atoms with E-state index in [1.807, 2.05) is 24.4 Å². The smallest absolute Gasteiger partial charge is 0.138 e. The Hall–Kier alpha value is -2.89. The Kier molecular flexibility index (Phi) is 4.47. The number of rotatable bonds is 3. The first-order valence-electron chi connectivity index (χ1n) is 9.31. The lowest BCUT2D eigenvalue weighted by molar-refractivity contribution is 0.122. The standard InChI is InChI=1S/C22H19ClN4O/c23-18-6-7-19-20(13-18)26-22(25-19)16-3-1-15(2-4-16)17-5-8-21(24-14-17)27-9-11-28-12-10-27/h1-8,13-14H,9-12H2,(H,25,26). The summed E-state index contributed by atoms with van der Waals surface area (Å²) in [5.41, 5.74) is 5.11. The second kappa shape index (κ2) is 7.26. The summed E-state index contributed by atoms with van der Waals surface area (Å²) in [6, 6.07) is 18.2. The van der Waals surface area contributed by atoms with Crippen molar-refractivity contribution in [1.29, 1.82) is 0 Å². The van der Waals surface area contributed by atoms with E-state index in [0.717, 1.165) is 65.7 Å². The number of fused-ring (bicyclic) bond motifs is 1. The summed E-state index contributed by atoms with van der Waals surface area (Å²) in [6.07, 6.45) is 1.93. The number of pyridine rings is 1. The Bertz CT molecular complexity index is 1100. The maximum atomic E-state index is 6.06. The molecule has 0 radical (unpaired) electrons. The fraction of sp³-hybridized carbons (Fsp3) is 0.182.